The van der Waals surface area contributed by atoms with Gasteiger partial charge in [-0.2, -0.15) is 18.2 Å². The fraction of sp³-hybridized carbons (Fsp3) is 0.0909. The molecule has 18 heavy (non-hydrogen) atoms. The van der Waals surface area contributed by atoms with Crippen molar-refractivity contribution >= 4 is 17.8 Å². The van der Waals surface area contributed by atoms with Crippen molar-refractivity contribution in [2.75, 3.05) is 5.73 Å². The Morgan fingerprint density at radius 1 is 1.22 bits per heavy atom. The van der Waals surface area contributed by atoms with Crippen LogP contribution in [0.1, 0.15) is 17.3 Å². The second-order valence-corrected chi connectivity index (χ2v) is 3.46. The Morgan fingerprint density at radius 2 is 2.00 bits per heavy atom. The summed E-state index contributed by atoms with van der Waals surface area (Å²) in [7, 11) is 0. The van der Waals surface area contributed by atoms with Crippen LogP contribution in [0.2, 0.25) is 0 Å². The van der Waals surface area contributed by atoms with E-state index in [0.29, 0.717) is 5.69 Å². The molecule has 0 bridgehead atoms. The molecule has 7 heteroatoms. The topological polar surface area (TPSA) is 64.9 Å². The maximum atomic E-state index is 12.2. The molecule has 0 saturated heterocycles. The maximum absolute atomic E-state index is 12.2. The summed E-state index contributed by atoms with van der Waals surface area (Å²) < 4.78 is 41.0. The molecule has 0 fully saturated rings. The van der Waals surface area contributed by atoms with E-state index in [-0.39, 0.29) is 5.89 Å². The summed E-state index contributed by atoms with van der Waals surface area (Å²) in [4.78, 5) is 3.20. The largest absolute Gasteiger partial charge is 0.455 e. The summed E-state index contributed by atoms with van der Waals surface area (Å²) in [6.45, 7) is 0. The van der Waals surface area contributed by atoms with Crippen LogP contribution in [0, 0.1) is 0 Å². The zero-order chi connectivity index (χ0) is 13.2. The molecule has 2 rings (SSSR count). The number of rotatable bonds is 2. The zero-order valence-electron chi connectivity index (χ0n) is 8.98. The lowest BCUT2D eigenvalue weighted by Crippen LogP contribution is -2.07. The first kappa shape index (κ1) is 12.2. The highest BCUT2D eigenvalue weighted by Gasteiger charge is 2.36. The summed E-state index contributed by atoms with van der Waals surface area (Å²) in [5, 5.41) is 2.83. The monoisotopic (exact) mass is 255 g/mol. The zero-order valence-corrected chi connectivity index (χ0v) is 8.98. The summed E-state index contributed by atoms with van der Waals surface area (Å²) in [5.41, 5.74) is 6.83. The molecule has 0 amide bonds. The summed E-state index contributed by atoms with van der Waals surface area (Å²) >= 11 is 0. The number of benzene rings is 1. The third-order valence-electron chi connectivity index (χ3n) is 2.02. The Morgan fingerprint density at radius 3 is 2.61 bits per heavy atom. The predicted molar refractivity (Wildman–Crippen MR) is 59.1 cm³/mol. The van der Waals surface area contributed by atoms with Gasteiger partial charge in [0.2, 0.25) is 0 Å². The highest BCUT2D eigenvalue weighted by Crippen LogP contribution is 2.26. The smallest absolute Gasteiger partial charge is 0.399 e. The lowest BCUT2D eigenvalue weighted by atomic mass is 10.2. The molecule has 4 nitrogen and oxygen atoms in total. The number of aromatic nitrogens is 2. The van der Waals surface area contributed by atoms with Gasteiger partial charge in [-0.15, -0.1) is 0 Å². The molecule has 1 aromatic carbocycles. The molecule has 2 N–H and O–H groups in total. The molecule has 0 saturated carbocycles. The van der Waals surface area contributed by atoms with Crippen LogP contribution in [0.25, 0.3) is 12.2 Å². The van der Waals surface area contributed by atoms with Crippen LogP contribution in [0.15, 0.2) is 28.8 Å². The van der Waals surface area contributed by atoms with Crippen molar-refractivity contribution in [3.05, 3.63) is 41.5 Å². The van der Waals surface area contributed by atoms with Gasteiger partial charge in [0, 0.05) is 11.8 Å². The van der Waals surface area contributed by atoms with Crippen molar-refractivity contribution in [1.82, 2.24) is 10.1 Å². The van der Waals surface area contributed by atoms with E-state index in [2.05, 4.69) is 14.7 Å². The van der Waals surface area contributed by atoms with Crippen molar-refractivity contribution in [2.24, 2.45) is 0 Å². The number of hydrogen-bond acceptors (Lipinski definition) is 4. The molecule has 0 atom stereocenters. The van der Waals surface area contributed by atoms with Gasteiger partial charge in [0.05, 0.1) is 0 Å². The predicted octanol–water partition coefficient (Wildman–Crippen LogP) is 2.84. The molecule has 0 aliphatic carbocycles. The molecule has 2 aromatic rings. The van der Waals surface area contributed by atoms with E-state index in [1.807, 2.05) is 0 Å². The fourth-order valence-electron chi connectivity index (χ4n) is 1.25. The Balaban J connectivity index is 2.17. The van der Waals surface area contributed by atoms with Gasteiger partial charge in [-0.3, -0.25) is 0 Å². The number of nitrogen functional groups attached to an aromatic ring is 1. The lowest BCUT2D eigenvalue weighted by Gasteiger charge is -1.95. The van der Waals surface area contributed by atoms with E-state index in [0.717, 1.165) is 5.56 Å². The standard InChI is InChI=1S/C11H8F3N3O/c12-11(13,14)10-16-9(18-17-10)5-4-7-2-1-3-8(15)6-7/h1-6H,15H2/b5-4+. The van der Waals surface area contributed by atoms with Crippen LogP contribution in [-0.4, -0.2) is 10.1 Å². The molecular formula is C11H8F3N3O. The first-order valence-corrected chi connectivity index (χ1v) is 4.90. The molecule has 0 aliphatic heterocycles. The van der Waals surface area contributed by atoms with E-state index in [1.54, 1.807) is 24.3 Å². The van der Waals surface area contributed by atoms with Crippen LogP contribution in [0.4, 0.5) is 18.9 Å². The molecular weight excluding hydrogens is 247 g/mol. The van der Waals surface area contributed by atoms with Crippen molar-refractivity contribution in [1.29, 1.82) is 0 Å². The van der Waals surface area contributed by atoms with E-state index in [9.17, 15) is 13.2 Å². The minimum Gasteiger partial charge on any atom is -0.399 e. The SMILES string of the molecule is Nc1cccc(/C=C/c2nc(C(F)(F)F)no2)c1. The Kier molecular flexibility index (Phi) is 3.05. The molecule has 0 aliphatic rings. The Bertz CT molecular complexity index is 575. The minimum atomic E-state index is -4.60. The Hall–Kier alpha value is -2.31. The highest BCUT2D eigenvalue weighted by atomic mass is 19.4. The van der Waals surface area contributed by atoms with Gasteiger partial charge in [0.15, 0.2) is 0 Å². The minimum absolute atomic E-state index is 0.218. The third kappa shape index (κ3) is 2.88. The second kappa shape index (κ2) is 4.52. The van der Waals surface area contributed by atoms with Gasteiger partial charge in [0.1, 0.15) is 0 Å². The van der Waals surface area contributed by atoms with E-state index in [4.69, 9.17) is 5.73 Å². The summed E-state index contributed by atoms with van der Waals surface area (Å²) in [6, 6.07) is 6.83. The maximum Gasteiger partial charge on any atom is 0.455 e. The first-order valence-electron chi connectivity index (χ1n) is 4.90. The van der Waals surface area contributed by atoms with Crippen LogP contribution in [0.3, 0.4) is 0 Å². The Labute approximate surface area is 99.9 Å². The highest BCUT2D eigenvalue weighted by molar-refractivity contribution is 5.67. The van der Waals surface area contributed by atoms with Crippen LogP contribution in [-0.2, 0) is 6.18 Å². The van der Waals surface area contributed by atoms with Crippen LogP contribution in [0.5, 0.6) is 0 Å². The molecule has 0 radical (unpaired) electrons. The van der Waals surface area contributed by atoms with Gasteiger partial charge in [-0.25, -0.2) is 0 Å². The van der Waals surface area contributed by atoms with Gasteiger partial charge in [-0.1, -0.05) is 17.3 Å². The average Bonchev–Trinajstić information content (AvgIpc) is 2.74. The number of anilines is 1. The molecule has 0 unspecified atom stereocenters. The molecule has 0 spiro atoms. The number of nitrogens with two attached hydrogens (primary N) is 1. The summed E-state index contributed by atoms with van der Waals surface area (Å²) in [6.07, 6.45) is -1.78. The van der Waals surface area contributed by atoms with Crippen molar-refractivity contribution in [3.8, 4) is 0 Å². The van der Waals surface area contributed by atoms with E-state index in [1.165, 1.54) is 12.2 Å². The fourth-order valence-corrected chi connectivity index (χ4v) is 1.25. The number of nitrogens with zero attached hydrogens (tertiary/aromatic N) is 2. The lowest BCUT2D eigenvalue weighted by molar-refractivity contribution is -0.146. The first-order chi connectivity index (χ1) is 8.45. The van der Waals surface area contributed by atoms with Crippen molar-refractivity contribution < 1.29 is 17.7 Å². The normalized spacial score (nSPS) is 12.2. The van der Waals surface area contributed by atoms with Gasteiger partial charge < -0.3 is 10.3 Å². The molecule has 1 heterocycles. The average molecular weight is 255 g/mol. The second-order valence-electron chi connectivity index (χ2n) is 3.46. The van der Waals surface area contributed by atoms with E-state index >= 15 is 0 Å². The van der Waals surface area contributed by atoms with Crippen molar-refractivity contribution in [3.63, 3.8) is 0 Å². The third-order valence-corrected chi connectivity index (χ3v) is 2.02. The van der Waals surface area contributed by atoms with Crippen molar-refractivity contribution in [2.45, 2.75) is 6.18 Å². The van der Waals surface area contributed by atoms with Gasteiger partial charge >= 0.3 is 6.18 Å². The van der Waals surface area contributed by atoms with E-state index < -0.39 is 12.0 Å². The van der Waals surface area contributed by atoms with Crippen LogP contribution < -0.4 is 5.73 Å². The number of alkyl halides is 3. The molecule has 94 valence electrons. The van der Waals surface area contributed by atoms with Gasteiger partial charge in [0.25, 0.3) is 11.7 Å². The number of halogens is 3. The quantitative estimate of drug-likeness (QED) is 0.838. The summed E-state index contributed by atoms with van der Waals surface area (Å²) in [5.74, 6) is -1.51. The van der Waals surface area contributed by atoms with Crippen LogP contribution >= 0.6 is 0 Å². The molecule has 1 aromatic heterocycles. The number of hydrogen-bond donors (Lipinski definition) is 1. The van der Waals surface area contributed by atoms with Gasteiger partial charge in [-0.05, 0) is 23.8 Å².